The van der Waals surface area contributed by atoms with Crippen LogP contribution in [0.4, 0.5) is 0 Å². The van der Waals surface area contributed by atoms with Crippen LogP contribution in [0, 0.1) is 11.8 Å². The SMILES string of the molecule is C=CCCCCOC(=O)[C@@H]1[C@H]2C(=O)N([C@H](CO)c3ccccc3)C(C(=O)N(CC=C)CCCC)C23CC[C@H]1O3. The van der Waals surface area contributed by atoms with E-state index in [4.69, 9.17) is 9.47 Å². The average molecular weight is 539 g/mol. The van der Waals surface area contributed by atoms with Crippen LogP contribution in [0.1, 0.15) is 63.5 Å². The van der Waals surface area contributed by atoms with Gasteiger partial charge >= 0.3 is 5.97 Å². The summed E-state index contributed by atoms with van der Waals surface area (Å²) in [6.07, 6.45) is 8.25. The molecule has 3 saturated heterocycles. The third kappa shape index (κ3) is 5.41. The summed E-state index contributed by atoms with van der Waals surface area (Å²) in [4.78, 5) is 45.2. The summed E-state index contributed by atoms with van der Waals surface area (Å²) < 4.78 is 12.2. The van der Waals surface area contributed by atoms with Crippen LogP contribution >= 0.6 is 0 Å². The van der Waals surface area contributed by atoms with Gasteiger partial charge in [-0.3, -0.25) is 14.4 Å². The van der Waals surface area contributed by atoms with Crippen LogP contribution in [0.25, 0.3) is 0 Å². The lowest BCUT2D eigenvalue weighted by Crippen LogP contribution is -2.57. The Morgan fingerprint density at radius 2 is 2.00 bits per heavy atom. The molecule has 39 heavy (non-hydrogen) atoms. The molecule has 2 unspecified atom stereocenters. The zero-order chi connectivity index (χ0) is 28.0. The number of carbonyl (C=O) groups excluding carboxylic acids is 3. The van der Waals surface area contributed by atoms with E-state index in [0.717, 1.165) is 31.2 Å². The lowest BCUT2D eigenvalue weighted by Gasteiger charge is -2.39. The molecule has 3 heterocycles. The normalized spacial score (nSPS) is 27.7. The highest BCUT2D eigenvalue weighted by molar-refractivity contribution is 5.98. The highest BCUT2D eigenvalue weighted by atomic mass is 16.6. The van der Waals surface area contributed by atoms with Crippen molar-refractivity contribution in [2.45, 2.75) is 75.7 Å². The summed E-state index contributed by atoms with van der Waals surface area (Å²) in [5, 5.41) is 10.6. The highest BCUT2D eigenvalue weighted by Crippen LogP contribution is 2.60. The number of aliphatic hydroxyl groups is 1. The molecule has 3 fully saturated rings. The van der Waals surface area contributed by atoms with E-state index in [1.807, 2.05) is 36.4 Å². The van der Waals surface area contributed by atoms with Crippen molar-refractivity contribution in [1.82, 2.24) is 9.80 Å². The number of ether oxygens (including phenoxy) is 2. The summed E-state index contributed by atoms with van der Waals surface area (Å²) in [6, 6.07) is 7.52. The molecule has 3 aliphatic heterocycles. The molecule has 0 aromatic heterocycles. The first-order valence-corrected chi connectivity index (χ1v) is 14.3. The van der Waals surface area contributed by atoms with E-state index in [-0.39, 0.29) is 25.0 Å². The summed E-state index contributed by atoms with van der Waals surface area (Å²) in [5.74, 6) is -2.61. The second-order valence-electron chi connectivity index (χ2n) is 10.8. The number of allylic oxidation sites excluding steroid dienone is 1. The van der Waals surface area contributed by atoms with E-state index in [1.54, 1.807) is 11.0 Å². The van der Waals surface area contributed by atoms with Gasteiger partial charge in [0.15, 0.2) is 0 Å². The number of nitrogens with zero attached hydrogens (tertiary/aromatic N) is 2. The molecule has 0 aliphatic carbocycles. The smallest absolute Gasteiger partial charge is 0.312 e. The third-order valence-corrected chi connectivity index (χ3v) is 8.43. The Kier molecular flexibility index (Phi) is 9.62. The lowest BCUT2D eigenvalue weighted by molar-refractivity contribution is -0.156. The van der Waals surface area contributed by atoms with Gasteiger partial charge < -0.3 is 24.4 Å². The van der Waals surface area contributed by atoms with Gasteiger partial charge in [-0.2, -0.15) is 0 Å². The van der Waals surface area contributed by atoms with Gasteiger partial charge in [0.25, 0.3) is 0 Å². The number of benzene rings is 1. The molecule has 6 atom stereocenters. The summed E-state index contributed by atoms with van der Waals surface area (Å²) in [7, 11) is 0. The molecule has 1 spiro atoms. The molecule has 2 amide bonds. The van der Waals surface area contributed by atoms with Crippen molar-refractivity contribution in [1.29, 1.82) is 0 Å². The number of likely N-dealkylation sites (tertiary alicyclic amines) is 1. The Labute approximate surface area is 231 Å². The molecule has 4 rings (SSSR count). The maximum atomic E-state index is 14.3. The predicted octanol–water partition coefficient (Wildman–Crippen LogP) is 3.81. The minimum atomic E-state index is -1.14. The van der Waals surface area contributed by atoms with E-state index in [1.165, 1.54) is 4.90 Å². The molecule has 8 heteroatoms. The maximum absolute atomic E-state index is 14.3. The molecule has 1 aromatic rings. The fourth-order valence-electron chi connectivity index (χ4n) is 6.63. The van der Waals surface area contributed by atoms with Crippen molar-refractivity contribution < 1.29 is 29.0 Å². The third-order valence-electron chi connectivity index (χ3n) is 8.43. The van der Waals surface area contributed by atoms with E-state index in [0.29, 0.717) is 32.4 Å². The van der Waals surface area contributed by atoms with E-state index in [2.05, 4.69) is 20.1 Å². The van der Waals surface area contributed by atoms with Gasteiger partial charge in [-0.15, -0.1) is 13.2 Å². The number of carbonyl (C=O) groups is 3. The minimum Gasteiger partial charge on any atom is -0.465 e. The number of esters is 1. The quantitative estimate of drug-likeness (QED) is 0.207. The Bertz CT molecular complexity index is 1040. The molecule has 2 bridgehead atoms. The van der Waals surface area contributed by atoms with Crippen LogP contribution in [0.15, 0.2) is 55.6 Å². The van der Waals surface area contributed by atoms with Crippen molar-refractivity contribution in [2.24, 2.45) is 11.8 Å². The van der Waals surface area contributed by atoms with Crippen LogP contribution < -0.4 is 0 Å². The first kappa shape index (κ1) is 29.0. The second-order valence-corrected chi connectivity index (χ2v) is 10.8. The summed E-state index contributed by atoms with van der Waals surface area (Å²) >= 11 is 0. The molecule has 212 valence electrons. The molecule has 0 radical (unpaired) electrons. The van der Waals surface area contributed by atoms with Gasteiger partial charge in [0.05, 0.1) is 37.2 Å². The first-order valence-electron chi connectivity index (χ1n) is 14.3. The first-order chi connectivity index (χ1) is 18.9. The van der Waals surface area contributed by atoms with E-state index < -0.39 is 41.6 Å². The van der Waals surface area contributed by atoms with Gasteiger partial charge in [0, 0.05) is 13.1 Å². The van der Waals surface area contributed by atoms with E-state index in [9.17, 15) is 19.5 Å². The van der Waals surface area contributed by atoms with E-state index >= 15 is 0 Å². The molecule has 1 aromatic carbocycles. The largest absolute Gasteiger partial charge is 0.465 e. The van der Waals surface area contributed by atoms with Gasteiger partial charge in [-0.25, -0.2) is 0 Å². The average Bonchev–Trinajstić information content (AvgIpc) is 3.59. The van der Waals surface area contributed by atoms with Crippen molar-refractivity contribution in [2.75, 3.05) is 26.3 Å². The topological polar surface area (TPSA) is 96.4 Å². The Morgan fingerprint density at radius 3 is 2.67 bits per heavy atom. The molecular formula is C31H42N2O6. The van der Waals surface area contributed by atoms with Crippen LogP contribution in [0.3, 0.4) is 0 Å². The minimum absolute atomic E-state index is 0.229. The second kappa shape index (κ2) is 12.9. The van der Waals surface area contributed by atoms with Gasteiger partial charge in [0.2, 0.25) is 11.8 Å². The summed E-state index contributed by atoms with van der Waals surface area (Å²) in [6.45, 7) is 10.4. The Balaban J connectivity index is 1.71. The standard InChI is InChI=1S/C31H42N2O6/c1-4-7-9-13-20-38-30(37)25-24-16-17-31(39-24)26(25)28(35)33(23(21-34)22-14-11-10-12-15-22)27(31)29(36)32(18-6-3)19-8-5-2/h4,6,10-12,14-15,23-27,34H,1,3,5,7-9,13,16-21H2,2H3/t23-,24-,25+,26+,27?,31?/m1/s1. The molecular weight excluding hydrogens is 496 g/mol. The van der Waals surface area contributed by atoms with Crippen LogP contribution in [0.2, 0.25) is 0 Å². The number of unbranched alkanes of at least 4 members (excludes halogenated alkanes) is 3. The molecule has 1 N–H and O–H groups in total. The van der Waals surface area contributed by atoms with Crippen LogP contribution in [-0.4, -0.2) is 76.7 Å². The lowest BCUT2D eigenvalue weighted by atomic mass is 9.70. The zero-order valence-electron chi connectivity index (χ0n) is 23.0. The number of rotatable bonds is 15. The Hall–Kier alpha value is -2.97. The monoisotopic (exact) mass is 538 g/mol. The number of amides is 2. The molecule has 3 aliphatic rings. The van der Waals surface area contributed by atoms with Gasteiger partial charge in [-0.1, -0.05) is 55.8 Å². The van der Waals surface area contributed by atoms with Crippen molar-refractivity contribution >= 4 is 17.8 Å². The molecule has 0 saturated carbocycles. The van der Waals surface area contributed by atoms with Crippen molar-refractivity contribution in [3.8, 4) is 0 Å². The fourth-order valence-corrected chi connectivity index (χ4v) is 6.63. The maximum Gasteiger partial charge on any atom is 0.312 e. The number of hydrogen-bond acceptors (Lipinski definition) is 6. The van der Waals surface area contributed by atoms with Crippen LogP contribution in [0.5, 0.6) is 0 Å². The van der Waals surface area contributed by atoms with Crippen molar-refractivity contribution in [3.05, 3.63) is 61.2 Å². The zero-order valence-corrected chi connectivity index (χ0v) is 23.0. The Morgan fingerprint density at radius 1 is 1.23 bits per heavy atom. The van der Waals surface area contributed by atoms with Gasteiger partial charge in [-0.05, 0) is 44.1 Å². The fraction of sp³-hybridized carbons (Fsp3) is 0.581. The number of hydrogen-bond donors (Lipinski definition) is 1. The van der Waals surface area contributed by atoms with Crippen molar-refractivity contribution in [3.63, 3.8) is 0 Å². The number of fused-ring (bicyclic) bond motifs is 1. The summed E-state index contributed by atoms with van der Waals surface area (Å²) in [5.41, 5.74) is -0.415. The highest BCUT2D eigenvalue weighted by Gasteiger charge is 2.75. The van der Waals surface area contributed by atoms with Crippen LogP contribution in [-0.2, 0) is 23.9 Å². The number of aliphatic hydroxyl groups excluding tert-OH is 1. The predicted molar refractivity (Wildman–Crippen MR) is 147 cm³/mol. The molecule has 8 nitrogen and oxygen atoms in total. The van der Waals surface area contributed by atoms with Gasteiger partial charge in [0.1, 0.15) is 11.6 Å².